The maximum Gasteiger partial charge on any atom is 0 e. The summed E-state index contributed by atoms with van der Waals surface area (Å²) in [6.07, 6.45) is 1.86. The topological polar surface area (TPSA) is 49.3 Å². The molecule has 0 bridgehead atoms. The number of nitrogens with one attached hydrogen (secondary N) is 1. The molecule has 0 saturated heterocycles. The molecule has 0 atom stereocenters. The fourth-order valence-electron chi connectivity index (χ4n) is 1.14. The third-order valence-electron chi connectivity index (χ3n) is 1.81. The molecule has 0 aliphatic carbocycles. The SMILES string of the molecule is [CH2-]NC(=O)C(=[C-]O)c1bccc(C)c1.[Y]. The number of aliphatic hydroxyl groups excluding tert-OH is 1. The van der Waals surface area contributed by atoms with Crippen LogP contribution < -0.4 is 5.32 Å². The Morgan fingerprint density at radius 3 is 2.80 bits per heavy atom. The van der Waals surface area contributed by atoms with Crippen LogP contribution in [0.1, 0.15) is 11.0 Å². The number of hydrogen-bond acceptors (Lipinski definition) is 2. The van der Waals surface area contributed by atoms with Gasteiger partial charge in [-0.15, -0.1) is 0 Å². The maximum atomic E-state index is 11.2. The van der Waals surface area contributed by atoms with Gasteiger partial charge in [-0.25, -0.2) is 0 Å². The van der Waals surface area contributed by atoms with Gasteiger partial charge in [-0.2, -0.15) is 0 Å². The first-order valence-electron chi connectivity index (χ1n) is 4.10. The summed E-state index contributed by atoms with van der Waals surface area (Å²) in [6.45, 7) is 3.63. The predicted octanol–water partition coefficient (Wildman–Crippen LogP) is 0.941. The Morgan fingerprint density at radius 1 is 1.67 bits per heavy atom. The maximum absolute atomic E-state index is 11.2. The zero-order valence-corrected chi connectivity index (χ0v) is 11.3. The standard InChI is InChI=1S/C10H10BNO2.Y/c1-7-3-4-11-9(5-7)8(6-13)10(14)12-2;/h3-5,13H,2H2,1H3,(H,12,14);/q-2;. The molecule has 1 aromatic rings. The summed E-state index contributed by atoms with van der Waals surface area (Å²) in [6, 6.07) is 3.69. The van der Waals surface area contributed by atoms with Gasteiger partial charge < -0.3 is 0 Å². The molecule has 1 radical (unpaired) electrons. The first-order chi connectivity index (χ1) is 6.69. The Kier molecular flexibility index (Phi) is 6.69. The predicted molar refractivity (Wildman–Crippen MR) is 55.3 cm³/mol. The van der Waals surface area contributed by atoms with Crippen molar-refractivity contribution in [2.75, 3.05) is 0 Å². The van der Waals surface area contributed by atoms with Gasteiger partial charge in [0.15, 0.2) is 0 Å². The van der Waals surface area contributed by atoms with E-state index in [1.54, 1.807) is 18.9 Å². The minimum Gasteiger partial charge on any atom is 0 e. The molecule has 0 spiro atoms. The van der Waals surface area contributed by atoms with Crippen molar-refractivity contribution in [2.45, 2.75) is 6.92 Å². The van der Waals surface area contributed by atoms with Crippen LogP contribution in [0.25, 0.3) is 5.57 Å². The average Bonchev–Trinajstić information content (AvgIpc) is 2.19. The molecule has 75 valence electrons. The van der Waals surface area contributed by atoms with Crippen molar-refractivity contribution < 1.29 is 42.6 Å². The summed E-state index contributed by atoms with van der Waals surface area (Å²) in [5.41, 5.74) is 1.71. The normalized spacial score (nSPS) is 10.1. The van der Waals surface area contributed by atoms with Crippen molar-refractivity contribution in [1.82, 2.24) is 5.32 Å². The second kappa shape index (κ2) is 6.91. The number of amides is 1. The van der Waals surface area contributed by atoms with Gasteiger partial charge in [-0.1, -0.05) is 0 Å². The Morgan fingerprint density at radius 2 is 2.33 bits per heavy atom. The number of aryl methyl sites for hydroxylation is 1. The van der Waals surface area contributed by atoms with E-state index in [4.69, 9.17) is 5.11 Å². The van der Waals surface area contributed by atoms with Crippen molar-refractivity contribution >= 4 is 18.4 Å². The molecule has 3 nitrogen and oxygen atoms in total. The number of hydrogen-bond donors (Lipinski definition) is 2. The molecule has 0 fully saturated rings. The molecule has 1 rings (SSSR count). The van der Waals surface area contributed by atoms with Gasteiger partial charge in [0.05, 0.1) is 0 Å². The minimum atomic E-state index is -0.460. The van der Waals surface area contributed by atoms with Crippen LogP contribution in [-0.4, -0.2) is 17.9 Å². The van der Waals surface area contributed by atoms with Crippen LogP contribution in [0.15, 0.2) is 18.1 Å². The van der Waals surface area contributed by atoms with Gasteiger partial charge in [-0.05, 0) is 0 Å². The Labute approximate surface area is 115 Å². The summed E-state index contributed by atoms with van der Waals surface area (Å²) in [4.78, 5) is 11.2. The van der Waals surface area contributed by atoms with E-state index in [2.05, 4.69) is 12.4 Å². The van der Waals surface area contributed by atoms with E-state index in [0.717, 1.165) is 5.56 Å². The van der Waals surface area contributed by atoms with Crippen LogP contribution in [0.2, 0.25) is 0 Å². The minimum absolute atomic E-state index is 0. The molecule has 15 heavy (non-hydrogen) atoms. The van der Waals surface area contributed by atoms with Gasteiger partial charge in [0, 0.05) is 32.7 Å². The molecular weight excluding hydrogens is 266 g/mol. The van der Waals surface area contributed by atoms with Crippen LogP contribution in [0.3, 0.4) is 0 Å². The Balaban J connectivity index is 0.00000196. The third kappa shape index (κ3) is 3.88. The summed E-state index contributed by atoms with van der Waals surface area (Å²) in [5, 5.41) is 11.0. The third-order valence-corrected chi connectivity index (χ3v) is 1.81. The molecule has 1 amide bonds. The molecule has 2 N–H and O–H groups in total. The number of rotatable bonds is 2. The van der Waals surface area contributed by atoms with E-state index in [9.17, 15) is 4.79 Å². The van der Waals surface area contributed by atoms with Gasteiger partial charge >= 0.3 is 83.0 Å². The summed E-state index contributed by atoms with van der Waals surface area (Å²) >= 11 is 0. The smallest absolute Gasteiger partial charge is 0 e. The van der Waals surface area contributed by atoms with Gasteiger partial charge in [0.1, 0.15) is 0 Å². The van der Waals surface area contributed by atoms with Crippen LogP contribution in [0, 0.1) is 20.2 Å². The van der Waals surface area contributed by atoms with Crippen molar-refractivity contribution in [3.8, 4) is 0 Å². The zero-order chi connectivity index (χ0) is 10.6. The van der Waals surface area contributed by atoms with Crippen LogP contribution in [0.5, 0.6) is 0 Å². The average molecular weight is 276 g/mol. The second-order valence-corrected chi connectivity index (χ2v) is 2.86. The Hall–Kier alpha value is -0.471. The van der Waals surface area contributed by atoms with E-state index in [1.165, 1.54) is 0 Å². The quantitative estimate of drug-likeness (QED) is 0.480. The summed E-state index contributed by atoms with van der Waals surface area (Å²) in [7, 11) is 3.23. The summed E-state index contributed by atoms with van der Waals surface area (Å²) < 4.78 is 0. The number of carbonyl (C=O) groups is 1. The van der Waals surface area contributed by atoms with E-state index in [0.29, 0.717) is 5.46 Å². The molecule has 0 saturated carbocycles. The van der Waals surface area contributed by atoms with E-state index < -0.39 is 5.91 Å². The van der Waals surface area contributed by atoms with E-state index in [-0.39, 0.29) is 38.3 Å². The molecule has 1 heterocycles. The monoisotopic (exact) mass is 276 g/mol. The molecule has 0 aromatic carbocycles. The zero-order valence-electron chi connectivity index (χ0n) is 8.45. The van der Waals surface area contributed by atoms with Crippen molar-refractivity contribution in [3.63, 3.8) is 0 Å². The van der Waals surface area contributed by atoms with Gasteiger partial charge in [-0.3, -0.25) is 0 Å². The largest absolute Gasteiger partial charge is 0 e. The summed E-state index contributed by atoms with van der Waals surface area (Å²) in [5.74, 6) is 1.34. The van der Waals surface area contributed by atoms with Crippen LogP contribution in [-0.2, 0) is 37.5 Å². The fourth-order valence-corrected chi connectivity index (χ4v) is 1.14. The molecule has 5 heteroatoms. The van der Waals surface area contributed by atoms with E-state index in [1.807, 2.05) is 19.3 Å². The number of aliphatic hydroxyl groups is 1. The van der Waals surface area contributed by atoms with Crippen molar-refractivity contribution in [2.24, 2.45) is 0 Å². The van der Waals surface area contributed by atoms with Crippen molar-refractivity contribution in [1.29, 1.82) is 0 Å². The molecule has 1 aromatic heterocycles. The van der Waals surface area contributed by atoms with Crippen LogP contribution in [0.4, 0.5) is 0 Å². The Bertz CT molecular complexity index is 379. The van der Waals surface area contributed by atoms with Crippen LogP contribution >= 0.6 is 0 Å². The fraction of sp³-hybridized carbons (Fsp3) is 0.100. The molecule has 0 aliphatic rings. The van der Waals surface area contributed by atoms with Crippen molar-refractivity contribution in [3.05, 3.63) is 42.4 Å². The van der Waals surface area contributed by atoms with E-state index >= 15 is 0 Å². The van der Waals surface area contributed by atoms with Gasteiger partial charge in [0.2, 0.25) is 0 Å². The molecular formula is C10H10BNO2Y-2. The first-order valence-corrected chi connectivity index (χ1v) is 4.10. The first kappa shape index (κ1) is 14.5. The molecule has 0 unspecified atom stereocenters. The number of carbonyl (C=O) groups excluding carboxylic acids is 1. The van der Waals surface area contributed by atoms with Gasteiger partial charge in [0.25, 0.3) is 0 Å². The molecule has 0 aliphatic heterocycles. The second-order valence-electron chi connectivity index (χ2n) is 2.86.